The number of ether oxygens (including phenoxy) is 2. The van der Waals surface area contributed by atoms with Crippen molar-refractivity contribution in [2.24, 2.45) is 0 Å². The molecule has 2 amide bonds. The number of alkyl halides is 3. The molecule has 0 aliphatic rings. The molecule has 3 aromatic carbocycles. The molecule has 0 aliphatic heterocycles. The Hall–Kier alpha value is -4.51. The Labute approximate surface area is 230 Å². The van der Waals surface area contributed by atoms with Crippen LogP contribution in [0.5, 0.6) is 11.5 Å². The van der Waals surface area contributed by atoms with Gasteiger partial charge in [0.2, 0.25) is 0 Å². The number of anilines is 1. The third-order valence-corrected chi connectivity index (χ3v) is 5.54. The molecule has 0 radical (unpaired) electrons. The van der Waals surface area contributed by atoms with E-state index in [4.69, 9.17) is 9.84 Å². The Morgan fingerprint density at radius 1 is 0.925 bits per heavy atom. The van der Waals surface area contributed by atoms with Gasteiger partial charge in [0.15, 0.2) is 0 Å². The lowest BCUT2D eigenvalue weighted by Crippen LogP contribution is -2.36. The van der Waals surface area contributed by atoms with E-state index in [0.29, 0.717) is 24.3 Å². The summed E-state index contributed by atoms with van der Waals surface area (Å²) in [5.74, 6) is -1.13. The fourth-order valence-electron chi connectivity index (χ4n) is 3.50. The highest BCUT2D eigenvalue weighted by atomic mass is 19.4. The summed E-state index contributed by atoms with van der Waals surface area (Å²) in [7, 11) is 3.95. The van der Waals surface area contributed by atoms with Crippen molar-refractivity contribution in [1.29, 1.82) is 0 Å². The third-order valence-electron chi connectivity index (χ3n) is 5.54. The molecule has 0 saturated heterocycles. The minimum atomic E-state index is -4.83. The van der Waals surface area contributed by atoms with Crippen molar-refractivity contribution in [1.82, 2.24) is 10.6 Å². The fourth-order valence-corrected chi connectivity index (χ4v) is 3.50. The molecule has 40 heavy (non-hydrogen) atoms. The molecule has 0 heterocycles. The molecule has 3 rings (SSSR count). The predicted octanol–water partition coefficient (Wildman–Crippen LogP) is 4.15. The smallest absolute Gasteiger partial charge is 0.493 e. The fraction of sp³-hybridized carbons (Fsp3) is 0.241. The summed E-state index contributed by atoms with van der Waals surface area (Å²) >= 11 is 0. The Balaban J connectivity index is 1.63. The molecule has 3 N–H and O–H groups in total. The number of hydrogen-bond donors (Lipinski definition) is 3. The zero-order valence-corrected chi connectivity index (χ0v) is 22.0. The predicted molar refractivity (Wildman–Crippen MR) is 145 cm³/mol. The van der Waals surface area contributed by atoms with Gasteiger partial charge >= 0.3 is 6.36 Å². The van der Waals surface area contributed by atoms with Crippen LogP contribution >= 0.6 is 0 Å². The van der Waals surface area contributed by atoms with Crippen LogP contribution in [0.25, 0.3) is 6.08 Å². The molecule has 0 unspecified atom stereocenters. The molecule has 11 heteroatoms. The number of nitrogens with zero attached hydrogens (tertiary/aromatic N) is 1. The first-order valence-corrected chi connectivity index (χ1v) is 12.3. The number of aliphatic hydroxyl groups is 1. The van der Waals surface area contributed by atoms with Crippen LogP contribution in [-0.4, -0.2) is 57.1 Å². The monoisotopic (exact) mass is 557 g/mol. The van der Waals surface area contributed by atoms with Crippen molar-refractivity contribution in [3.05, 3.63) is 95.2 Å². The maximum atomic E-state index is 12.8. The van der Waals surface area contributed by atoms with E-state index in [-0.39, 0.29) is 24.4 Å². The van der Waals surface area contributed by atoms with Gasteiger partial charge in [-0.05, 0) is 65.7 Å². The largest absolute Gasteiger partial charge is 0.573 e. The highest BCUT2D eigenvalue weighted by molar-refractivity contribution is 6.05. The summed E-state index contributed by atoms with van der Waals surface area (Å²) in [5.41, 5.74) is 2.66. The molecule has 0 fully saturated rings. The van der Waals surface area contributed by atoms with E-state index in [2.05, 4.69) is 15.4 Å². The molecule has 3 aromatic rings. The molecule has 0 atom stereocenters. The second-order valence-corrected chi connectivity index (χ2v) is 8.79. The summed E-state index contributed by atoms with van der Waals surface area (Å²) in [6, 6.07) is 19.3. The molecular formula is C29H30F3N3O5. The minimum Gasteiger partial charge on any atom is -0.493 e. The van der Waals surface area contributed by atoms with Crippen LogP contribution in [0.4, 0.5) is 18.9 Å². The SMILES string of the molecule is CN(C)c1ccc(CCOc2ccc(C(=O)N/C(=C/c3ccc(OC(F)(F)F)cc3)C(=O)NCCO)cc2)cc1. The van der Waals surface area contributed by atoms with Crippen molar-refractivity contribution in [2.75, 3.05) is 38.8 Å². The molecule has 0 aromatic heterocycles. The first kappa shape index (κ1) is 30.0. The highest BCUT2D eigenvalue weighted by Crippen LogP contribution is 2.23. The van der Waals surface area contributed by atoms with Crippen LogP contribution in [-0.2, 0) is 11.2 Å². The van der Waals surface area contributed by atoms with Gasteiger partial charge in [-0.15, -0.1) is 13.2 Å². The van der Waals surface area contributed by atoms with Crippen LogP contribution in [0.2, 0.25) is 0 Å². The van der Waals surface area contributed by atoms with Gasteiger partial charge in [-0.3, -0.25) is 9.59 Å². The number of halogens is 3. The molecule has 8 nitrogen and oxygen atoms in total. The van der Waals surface area contributed by atoms with E-state index < -0.39 is 23.9 Å². The van der Waals surface area contributed by atoms with Crippen molar-refractivity contribution in [2.45, 2.75) is 12.8 Å². The van der Waals surface area contributed by atoms with Crippen molar-refractivity contribution in [3.8, 4) is 11.5 Å². The van der Waals surface area contributed by atoms with Crippen molar-refractivity contribution in [3.63, 3.8) is 0 Å². The average molecular weight is 558 g/mol. The zero-order chi connectivity index (χ0) is 29.1. The van der Waals surface area contributed by atoms with Gasteiger partial charge < -0.3 is 30.1 Å². The van der Waals surface area contributed by atoms with E-state index in [1.807, 2.05) is 43.3 Å². The zero-order valence-electron chi connectivity index (χ0n) is 22.0. The topological polar surface area (TPSA) is 100 Å². The average Bonchev–Trinajstić information content (AvgIpc) is 2.92. The van der Waals surface area contributed by atoms with Gasteiger partial charge in [0.05, 0.1) is 13.2 Å². The standard InChI is InChI=1S/C29H30F3N3O5/c1-35(2)23-9-3-20(4-10-23)15-18-39-24-13-7-22(8-14-24)27(37)34-26(28(38)33-16-17-36)19-21-5-11-25(12-6-21)40-29(30,31)32/h3-14,19,36H,15-18H2,1-2H3,(H,33,38)(H,34,37)/b26-19+. The van der Waals surface area contributed by atoms with E-state index in [1.54, 1.807) is 24.3 Å². The third kappa shape index (κ3) is 9.66. The maximum absolute atomic E-state index is 12.8. The normalized spacial score (nSPS) is 11.5. The number of hydrogen-bond acceptors (Lipinski definition) is 6. The Kier molecular flexibility index (Phi) is 10.5. The maximum Gasteiger partial charge on any atom is 0.573 e. The Bertz CT molecular complexity index is 1290. The summed E-state index contributed by atoms with van der Waals surface area (Å²) in [4.78, 5) is 27.4. The van der Waals surface area contributed by atoms with Crippen LogP contribution in [0, 0.1) is 0 Å². The van der Waals surface area contributed by atoms with Gasteiger partial charge in [-0.25, -0.2) is 0 Å². The van der Waals surface area contributed by atoms with Crippen molar-refractivity contribution >= 4 is 23.6 Å². The van der Waals surface area contributed by atoms with Gasteiger partial charge in [-0.1, -0.05) is 24.3 Å². The Morgan fingerprint density at radius 3 is 2.12 bits per heavy atom. The van der Waals surface area contributed by atoms with Crippen LogP contribution in [0.1, 0.15) is 21.5 Å². The first-order chi connectivity index (χ1) is 19.0. The van der Waals surface area contributed by atoms with Gasteiger partial charge in [-0.2, -0.15) is 0 Å². The van der Waals surface area contributed by atoms with Crippen LogP contribution < -0.4 is 25.0 Å². The molecule has 0 saturated carbocycles. The number of amides is 2. The van der Waals surface area contributed by atoms with Gasteiger partial charge in [0.25, 0.3) is 11.8 Å². The number of rotatable bonds is 12. The van der Waals surface area contributed by atoms with Crippen LogP contribution in [0.15, 0.2) is 78.5 Å². The van der Waals surface area contributed by atoms with Gasteiger partial charge in [0, 0.05) is 38.3 Å². The second-order valence-electron chi connectivity index (χ2n) is 8.79. The molecule has 0 aliphatic carbocycles. The number of benzene rings is 3. The lowest BCUT2D eigenvalue weighted by molar-refractivity contribution is -0.274. The first-order valence-electron chi connectivity index (χ1n) is 12.3. The Morgan fingerprint density at radius 2 is 1.55 bits per heavy atom. The minimum absolute atomic E-state index is 0.0593. The summed E-state index contributed by atoms with van der Waals surface area (Å²) < 4.78 is 46.8. The molecule has 0 spiro atoms. The number of aliphatic hydroxyl groups excluding tert-OH is 1. The van der Waals surface area contributed by atoms with Crippen molar-refractivity contribution < 1.29 is 37.3 Å². The van der Waals surface area contributed by atoms with E-state index in [9.17, 15) is 22.8 Å². The summed E-state index contributed by atoms with van der Waals surface area (Å²) in [6.45, 7) is 0.0626. The lowest BCUT2D eigenvalue weighted by atomic mass is 10.1. The molecular weight excluding hydrogens is 527 g/mol. The van der Waals surface area contributed by atoms with E-state index in [0.717, 1.165) is 23.4 Å². The summed E-state index contributed by atoms with van der Waals surface area (Å²) in [5, 5.41) is 14.0. The van der Waals surface area contributed by atoms with E-state index in [1.165, 1.54) is 18.2 Å². The number of nitrogens with one attached hydrogen (secondary N) is 2. The highest BCUT2D eigenvalue weighted by Gasteiger charge is 2.31. The van der Waals surface area contributed by atoms with Crippen LogP contribution in [0.3, 0.4) is 0 Å². The number of carbonyl (C=O) groups excluding carboxylic acids is 2. The van der Waals surface area contributed by atoms with E-state index >= 15 is 0 Å². The summed E-state index contributed by atoms with van der Waals surface area (Å²) in [6.07, 6.45) is -2.83. The lowest BCUT2D eigenvalue weighted by Gasteiger charge is -2.13. The number of carbonyl (C=O) groups is 2. The molecule has 212 valence electrons. The quantitative estimate of drug-likeness (QED) is 0.290. The van der Waals surface area contributed by atoms with Gasteiger partial charge in [0.1, 0.15) is 17.2 Å². The molecule has 0 bridgehead atoms. The second kappa shape index (κ2) is 14.0.